The predicted molar refractivity (Wildman–Crippen MR) is 84.7 cm³/mol. The summed E-state index contributed by atoms with van der Waals surface area (Å²) in [6.07, 6.45) is 1.13. The Morgan fingerprint density at radius 1 is 1.48 bits per heavy atom. The second-order valence-corrected chi connectivity index (χ2v) is 6.04. The Labute approximate surface area is 129 Å². The average Bonchev–Trinajstić information content (AvgIpc) is 2.90. The number of carbonyl (C=O) groups is 1. The number of aromatic nitrogens is 1. The van der Waals surface area contributed by atoms with E-state index < -0.39 is 0 Å². The van der Waals surface area contributed by atoms with E-state index in [9.17, 15) is 4.79 Å². The molecule has 1 aliphatic rings. The van der Waals surface area contributed by atoms with Crippen LogP contribution in [0.25, 0.3) is 10.9 Å². The minimum atomic E-state index is -0.155. The molecule has 1 amide bonds. The number of likely N-dealkylation sites (tertiary alicyclic amines) is 1. The molecule has 1 atom stereocenters. The molecule has 0 radical (unpaired) electrons. The molecule has 0 saturated carbocycles. The molecule has 0 spiro atoms. The maximum Gasteiger partial charge on any atom is 0.269 e. The molecular weight excluding hydrogens is 286 g/mol. The van der Waals surface area contributed by atoms with Crippen LogP contribution < -0.4 is 5.32 Å². The lowest BCUT2D eigenvalue weighted by Gasteiger charge is -2.12. The van der Waals surface area contributed by atoms with Crippen LogP contribution in [0.4, 0.5) is 0 Å². The zero-order valence-corrected chi connectivity index (χ0v) is 12.7. The highest BCUT2D eigenvalue weighted by Gasteiger charge is 2.20. The summed E-state index contributed by atoms with van der Waals surface area (Å²) in [5.41, 5.74) is 1.13. The van der Waals surface area contributed by atoms with Gasteiger partial charge in [-0.3, -0.25) is 4.79 Å². The van der Waals surface area contributed by atoms with Crippen molar-refractivity contribution >= 4 is 28.4 Å². The van der Waals surface area contributed by atoms with Crippen molar-refractivity contribution in [2.24, 2.45) is 5.92 Å². The molecule has 2 aromatic rings. The monoisotopic (exact) mass is 303 g/mol. The fourth-order valence-electron chi connectivity index (χ4n) is 2.77. The summed E-state index contributed by atoms with van der Waals surface area (Å²) in [6, 6.07) is 9.21. The van der Waals surface area contributed by atoms with Crippen LogP contribution in [0.5, 0.6) is 0 Å². The number of halogens is 1. The van der Waals surface area contributed by atoms with Crippen LogP contribution in [0.2, 0.25) is 5.02 Å². The van der Waals surface area contributed by atoms with Gasteiger partial charge >= 0.3 is 0 Å². The molecule has 5 heteroatoms. The van der Waals surface area contributed by atoms with E-state index in [1.165, 1.54) is 0 Å². The number of para-hydroxylation sites is 1. The first-order valence-corrected chi connectivity index (χ1v) is 7.53. The summed E-state index contributed by atoms with van der Waals surface area (Å²) in [7, 11) is 2.10. The minimum absolute atomic E-state index is 0.155. The van der Waals surface area contributed by atoms with Gasteiger partial charge in [-0.05, 0) is 38.1 Å². The molecule has 1 N–H and O–H groups in total. The van der Waals surface area contributed by atoms with Gasteiger partial charge in [-0.1, -0.05) is 29.8 Å². The fraction of sp³-hybridized carbons (Fsp3) is 0.375. The number of hydrogen-bond acceptors (Lipinski definition) is 3. The van der Waals surface area contributed by atoms with Crippen molar-refractivity contribution in [1.82, 2.24) is 15.2 Å². The summed E-state index contributed by atoms with van der Waals surface area (Å²) in [4.78, 5) is 18.9. The molecule has 0 bridgehead atoms. The van der Waals surface area contributed by atoms with Crippen molar-refractivity contribution in [2.75, 3.05) is 26.7 Å². The van der Waals surface area contributed by atoms with Gasteiger partial charge in [0.2, 0.25) is 0 Å². The Bertz CT molecular complexity index is 674. The zero-order valence-electron chi connectivity index (χ0n) is 12.0. The number of amides is 1. The van der Waals surface area contributed by atoms with Crippen molar-refractivity contribution in [3.05, 3.63) is 41.0 Å². The van der Waals surface area contributed by atoms with E-state index in [0.29, 0.717) is 23.2 Å². The third-order valence-electron chi connectivity index (χ3n) is 3.94. The van der Waals surface area contributed by atoms with Gasteiger partial charge in [0.15, 0.2) is 0 Å². The Morgan fingerprint density at radius 3 is 3.05 bits per heavy atom. The maximum absolute atomic E-state index is 12.2. The quantitative estimate of drug-likeness (QED) is 0.948. The second kappa shape index (κ2) is 6.00. The Balaban J connectivity index is 1.72. The van der Waals surface area contributed by atoms with Gasteiger partial charge in [-0.25, -0.2) is 4.98 Å². The van der Waals surface area contributed by atoms with E-state index in [-0.39, 0.29) is 5.91 Å². The highest BCUT2D eigenvalue weighted by Crippen LogP contribution is 2.22. The van der Waals surface area contributed by atoms with Crippen LogP contribution in [0, 0.1) is 5.92 Å². The van der Waals surface area contributed by atoms with Gasteiger partial charge in [-0.2, -0.15) is 0 Å². The molecule has 1 aromatic carbocycles. The van der Waals surface area contributed by atoms with Gasteiger partial charge in [0, 0.05) is 18.5 Å². The molecule has 1 aromatic heterocycles. The first-order chi connectivity index (χ1) is 10.1. The van der Waals surface area contributed by atoms with Crippen molar-refractivity contribution in [3.8, 4) is 0 Å². The van der Waals surface area contributed by atoms with Gasteiger partial charge in [-0.15, -0.1) is 0 Å². The molecular formula is C16H18ClN3O. The van der Waals surface area contributed by atoms with Crippen LogP contribution in [-0.4, -0.2) is 42.5 Å². The molecule has 0 aliphatic carbocycles. The Morgan fingerprint density at radius 2 is 2.29 bits per heavy atom. The number of rotatable bonds is 3. The van der Waals surface area contributed by atoms with Gasteiger partial charge in [0.1, 0.15) is 5.69 Å². The van der Waals surface area contributed by atoms with Gasteiger partial charge in [0.05, 0.1) is 10.5 Å². The molecule has 1 saturated heterocycles. The molecule has 1 unspecified atom stereocenters. The summed E-state index contributed by atoms with van der Waals surface area (Å²) in [5.74, 6) is 0.368. The van der Waals surface area contributed by atoms with E-state index >= 15 is 0 Å². The molecule has 1 fully saturated rings. The first kappa shape index (κ1) is 14.3. The highest BCUT2D eigenvalue weighted by molar-refractivity contribution is 6.35. The minimum Gasteiger partial charge on any atom is -0.350 e. The Hall–Kier alpha value is -1.65. The number of nitrogens with zero attached hydrogens (tertiary/aromatic N) is 2. The van der Waals surface area contributed by atoms with Gasteiger partial charge in [0.25, 0.3) is 5.91 Å². The van der Waals surface area contributed by atoms with Crippen molar-refractivity contribution in [1.29, 1.82) is 0 Å². The number of benzene rings is 1. The maximum atomic E-state index is 12.2. The van der Waals surface area contributed by atoms with E-state index in [2.05, 4.69) is 22.2 Å². The average molecular weight is 304 g/mol. The zero-order chi connectivity index (χ0) is 14.8. The largest absolute Gasteiger partial charge is 0.350 e. The van der Waals surface area contributed by atoms with Crippen molar-refractivity contribution < 1.29 is 4.79 Å². The van der Waals surface area contributed by atoms with Crippen LogP contribution in [0.1, 0.15) is 16.9 Å². The number of pyridine rings is 1. The Kier molecular flexibility index (Phi) is 4.08. The number of carbonyl (C=O) groups excluding carboxylic acids is 1. The van der Waals surface area contributed by atoms with Crippen molar-refractivity contribution in [3.63, 3.8) is 0 Å². The van der Waals surface area contributed by atoms with E-state index in [4.69, 9.17) is 11.6 Å². The molecule has 21 heavy (non-hydrogen) atoms. The first-order valence-electron chi connectivity index (χ1n) is 7.15. The van der Waals surface area contributed by atoms with Gasteiger partial charge < -0.3 is 10.2 Å². The molecule has 3 rings (SSSR count). The van der Waals surface area contributed by atoms with E-state index in [1.54, 1.807) is 6.07 Å². The van der Waals surface area contributed by atoms with E-state index in [1.807, 2.05) is 24.3 Å². The fourth-order valence-corrected chi connectivity index (χ4v) is 3.03. The van der Waals surface area contributed by atoms with Crippen LogP contribution in [-0.2, 0) is 0 Å². The van der Waals surface area contributed by atoms with Crippen LogP contribution in [0.15, 0.2) is 30.3 Å². The summed E-state index contributed by atoms with van der Waals surface area (Å²) < 4.78 is 0. The second-order valence-electron chi connectivity index (χ2n) is 5.63. The van der Waals surface area contributed by atoms with Crippen LogP contribution >= 0.6 is 11.6 Å². The number of fused-ring (bicyclic) bond motifs is 1. The topological polar surface area (TPSA) is 45.2 Å². The summed E-state index contributed by atoms with van der Waals surface area (Å²) in [6.45, 7) is 2.82. The highest BCUT2D eigenvalue weighted by atomic mass is 35.5. The lowest BCUT2D eigenvalue weighted by Crippen LogP contribution is -2.31. The third kappa shape index (κ3) is 3.17. The number of nitrogens with one attached hydrogen (secondary N) is 1. The number of hydrogen-bond donors (Lipinski definition) is 1. The predicted octanol–water partition coefficient (Wildman–Crippen LogP) is 2.57. The van der Waals surface area contributed by atoms with Crippen LogP contribution in [0.3, 0.4) is 0 Å². The van der Waals surface area contributed by atoms with E-state index in [0.717, 1.165) is 30.4 Å². The summed E-state index contributed by atoms with van der Waals surface area (Å²) in [5, 5.41) is 4.40. The lowest BCUT2D eigenvalue weighted by molar-refractivity contribution is 0.0943. The standard InChI is InChI=1S/C16H18ClN3O/c1-20-7-6-11(10-20)9-18-16(21)15-8-13(17)12-4-2-3-5-14(12)19-15/h2-5,8,11H,6-7,9-10H2,1H3,(H,18,21). The molecule has 2 heterocycles. The molecule has 110 valence electrons. The lowest BCUT2D eigenvalue weighted by atomic mass is 10.1. The summed E-state index contributed by atoms with van der Waals surface area (Å²) >= 11 is 6.23. The third-order valence-corrected chi connectivity index (χ3v) is 4.25. The SMILES string of the molecule is CN1CCC(CNC(=O)c2cc(Cl)c3ccccc3n2)C1. The van der Waals surface area contributed by atoms with Crippen molar-refractivity contribution in [2.45, 2.75) is 6.42 Å². The smallest absolute Gasteiger partial charge is 0.269 e. The normalized spacial score (nSPS) is 19.0. The molecule has 4 nitrogen and oxygen atoms in total. The molecule has 1 aliphatic heterocycles.